The molecule has 20 heavy (non-hydrogen) atoms. The summed E-state index contributed by atoms with van der Waals surface area (Å²) < 4.78 is 0. The molecular weight excluding hydrogens is 280 g/mol. The normalized spacial score (nSPS) is 11.7. The molecular formula is C18H24S2. The molecule has 0 aliphatic heterocycles. The van der Waals surface area contributed by atoms with Gasteiger partial charge in [-0.05, 0) is 32.4 Å². The molecule has 2 heteroatoms. The highest BCUT2D eigenvalue weighted by Crippen LogP contribution is 2.30. The number of hydrogen-bond acceptors (Lipinski definition) is 2. The van der Waals surface area contributed by atoms with Gasteiger partial charge in [-0.1, -0.05) is 64.1 Å². The van der Waals surface area contributed by atoms with Crippen LogP contribution in [-0.4, -0.2) is 10.5 Å². The van der Waals surface area contributed by atoms with Crippen LogP contribution < -0.4 is 0 Å². The lowest BCUT2D eigenvalue weighted by Gasteiger charge is -2.15. The fraction of sp³-hybridized carbons (Fsp3) is 0.444. The average Bonchev–Trinajstić information content (AvgIpc) is 2.42. The molecule has 0 aromatic heterocycles. The molecule has 0 heterocycles. The Morgan fingerprint density at radius 1 is 0.800 bits per heavy atom. The minimum Gasteiger partial charge on any atom is -0.154 e. The van der Waals surface area contributed by atoms with E-state index in [-0.39, 0.29) is 0 Å². The largest absolute Gasteiger partial charge is 0.154 e. The lowest BCUT2D eigenvalue weighted by atomic mass is 10.0. The van der Waals surface area contributed by atoms with Gasteiger partial charge >= 0.3 is 0 Å². The molecule has 0 aliphatic carbocycles. The third-order valence-corrected chi connectivity index (χ3v) is 5.54. The van der Waals surface area contributed by atoms with Crippen LogP contribution in [0.2, 0.25) is 0 Å². The summed E-state index contributed by atoms with van der Waals surface area (Å²) in [5.41, 5.74) is 3.05. The van der Waals surface area contributed by atoms with E-state index < -0.39 is 0 Å². The molecule has 2 rings (SSSR count). The van der Waals surface area contributed by atoms with Crippen molar-refractivity contribution in [2.24, 2.45) is 0 Å². The van der Waals surface area contributed by atoms with Crippen molar-refractivity contribution in [3.05, 3.63) is 47.5 Å². The Labute approximate surface area is 131 Å². The van der Waals surface area contributed by atoms with Gasteiger partial charge in [-0.25, -0.2) is 0 Å². The van der Waals surface area contributed by atoms with E-state index in [9.17, 15) is 0 Å². The van der Waals surface area contributed by atoms with E-state index in [1.165, 1.54) is 21.9 Å². The van der Waals surface area contributed by atoms with Gasteiger partial charge in [-0.15, -0.1) is 0 Å². The Balaban J connectivity index is 2.36. The highest BCUT2D eigenvalue weighted by Gasteiger charge is 2.09. The monoisotopic (exact) mass is 304 g/mol. The molecule has 0 fully saturated rings. The minimum atomic E-state index is 0.680. The lowest BCUT2D eigenvalue weighted by molar-refractivity contribution is 1.10. The van der Waals surface area contributed by atoms with Crippen LogP contribution in [0.3, 0.4) is 0 Å². The minimum absolute atomic E-state index is 0.680. The second-order valence-corrected chi connectivity index (χ2v) is 8.77. The van der Waals surface area contributed by atoms with E-state index in [4.69, 9.17) is 0 Å². The van der Waals surface area contributed by atoms with Gasteiger partial charge in [0.15, 0.2) is 0 Å². The molecule has 0 amide bonds. The molecule has 0 aliphatic rings. The summed E-state index contributed by atoms with van der Waals surface area (Å²) in [4.78, 5) is 0. The van der Waals surface area contributed by atoms with Gasteiger partial charge < -0.3 is 0 Å². The lowest BCUT2D eigenvalue weighted by Crippen LogP contribution is -1.97. The Morgan fingerprint density at radius 3 is 2.15 bits per heavy atom. The maximum absolute atomic E-state index is 2.33. The van der Waals surface area contributed by atoms with E-state index in [1.54, 1.807) is 0 Å². The van der Waals surface area contributed by atoms with E-state index in [0.717, 1.165) is 11.5 Å². The van der Waals surface area contributed by atoms with Gasteiger partial charge in [0, 0.05) is 11.5 Å². The Hall–Kier alpha value is -0.600. The maximum atomic E-state index is 2.33. The molecule has 2 aromatic carbocycles. The first kappa shape index (κ1) is 15.8. The SMILES string of the molecule is CC(C)SCc1ccc2ccccc2c1CSC(C)C. The highest BCUT2D eigenvalue weighted by atomic mass is 32.2. The van der Waals surface area contributed by atoms with Gasteiger partial charge in [0.1, 0.15) is 0 Å². The molecule has 0 saturated carbocycles. The maximum Gasteiger partial charge on any atom is 0.0196 e. The van der Waals surface area contributed by atoms with Crippen LogP contribution in [0, 0.1) is 0 Å². The number of rotatable bonds is 6. The number of thioether (sulfide) groups is 2. The number of benzene rings is 2. The summed E-state index contributed by atoms with van der Waals surface area (Å²) >= 11 is 4.07. The van der Waals surface area contributed by atoms with Gasteiger partial charge in [-0.3, -0.25) is 0 Å². The fourth-order valence-electron chi connectivity index (χ4n) is 2.19. The molecule has 0 atom stereocenters. The Kier molecular flexibility index (Phi) is 5.86. The van der Waals surface area contributed by atoms with Crippen molar-refractivity contribution in [3.8, 4) is 0 Å². The highest BCUT2D eigenvalue weighted by molar-refractivity contribution is 7.99. The molecule has 0 saturated heterocycles. The standard InChI is InChI=1S/C18H24S2/c1-13(2)19-11-16-10-9-15-7-5-6-8-17(15)18(16)12-20-14(3)4/h5-10,13-14H,11-12H2,1-4H3. The van der Waals surface area contributed by atoms with Crippen molar-refractivity contribution in [2.45, 2.75) is 49.7 Å². The van der Waals surface area contributed by atoms with E-state index in [1.807, 2.05) is 23.5 Å². The zero-order valence-corrected chi connectivity index (χ0v) is 14.5. The van der Waals surface area contributed by atoms with Crippen LogP contribution >= 0.6 is 23.5 Å². The van der Waals surface area contributed by atoms with Crippen molar-refractivity contribution in [2.75, 3.05) is 0 Å². The Morgan fingerprint density at radius 2 is 1.45 bits per heavy atom. The summed E-state index contributed by atoms with van der Waals surface area (Å²) in [7, 11) is 0. The Bertz CT molecular complexity index is 558. The third kappa shape index (κ3) is 4.20. The topological polar surface area (TPSA) is 0 Å². The summed E-state index contributed by atoms with van der Waals surface area (Å²) in [5, 5.41) is 4.17. The van der Waals surface area contributed by atoms with Crippen molar-refractivity contribution >= 4 is 34.3 Å². The second kappa shape index (κ2) is 7.42. The number of hydrogen-bond donors (Lipinski definition) is 0. The molecule has 0 nitrogen and oxygen atoms in total. The zero-order chi connectivity index (χ0) is 14.5. The first-order valence-corrected chi connectivity index (χ1v) is 9.40. The van der Waals surface area contributed by atoms with Gasteiger partial charge in [-0.2, -0.15) is 23.5 Å². The predicted molar refractivity (Wildman–Crippen MR) is 96.8 cm³/mol. The van der Waals surface area contributed by atoms with Gasteiger partial charge in [0.25, 0.3) is 0 Å². The van der Waals surface area contributed by atoms with E-state index in [0.29, 0.717) is 10.5 Å². The van der Waals surface area contributed by atoms with Crippen LogP contribution in [0.5, 0.6) is 0 Å². The molecule has 108 valence electrons. The first-order chi connectivity index (χ1) is 9.58. The molecule has 0 unspecified atom stereocenters. The van der Waals surface area contributed by atoms with Crippen LogP contribution in [0.25, 0.3) is 10.8 Å². The second-order valence-electron chi connectivity index (χ2n) is 5.64. The third-order valence-electron chi connectivity index (χ3n) is 3.27. The van der Waals surface area contributed by atoms with Crippen molar-refractivity contribution in [3.63, 3.8) is 0 Å². The summed E-state index contributed by atoms with van der Waals surface area (Å²) in [6.07, 6.45) is 0. The van der Waals surface area contributed by atoms with Gasteiger partial charge in [0.2, 0.25) is 0 Å². The quantitative estimate of drug-likeness (QED) is 0.630. The molecule has 0 bridgehead atoms. The molecule has 2 aromatic rings. The van der Waals surface area contributed by atoms with Gasteiger partial charge in [0.05, 0.1) is 0 Å². The first-order valence-electron chi connectivity index (χ1n) is 7.30. The van der Waals surface area contributed by atoms with Crippen molar-refractivity contribution in [1.82, 2.24) is 0 Å². The summed E-state index contributed by atoms with van der Waals surface area (Å²) in [5.74, 6) is 2.24. The van der Waals surface area contributed by atoms with Crippen LogP contribution in [0.1, 0.15) is 38.8 Å². The summed E-state index contributed by atoms with van der Waals surface area (Å²) in [6.45, 7) is 9.10. The van der Waals surface area contributed by atoms with Crippen LogP contribution in [0.15, 0.2) is 36.4 Å². The van der Waals surface area contributed by atoms with Crippen LogP contribution in [-0.2, 0) is 11.5 Å². The molecule has 0 N–H and O–H groups in total. The summed E-state index contributed by atoms with van der Waals surface area (Å²) in [6, 6.07) is 13.4. The van der Waals surface area contributed by atoms with Crippen LogP contribution in [0.4, 0.5) is 0 Å². The fourth-order valence-corrected chi connectivity index (χ4v) is 3.82. The smallest absolute Gasteiger partial charge is 0.0196 e. The average molecular weight is 305 g/mol. The predicted octanol–water partition coefficient (Wildman–Crippen LogP) is 6.12. The van der Waals surface area contributed by atoms with E-state index in [2.05, 4.69) is 64.1 Å². The van der Waals surface area contributed by atoms with E-state index >= 15 is 0 Å². The van der Waals surface area contributed by atoms with Crippen molar-refractivity contribution in [1.29, 1.82) is 0 Å². The number of fused-ring (bicyclic) bond motifs is 1. The molecule has 0 spiro atoms. The zero-order valence-electron chi connectivity index (χ0n) is 12.8. The van der Waals surface area contributed by atoms with Crippen molar-refractivity contribution < 1.29 is 0 Å². The molecule has 0 radical (unpaired) electrons.